The zero-order valence-electron chi connectivity index (χ0n) is 32.2. The zero-order chi connectivity index (χ0) is 38.1. The van der Waals surface area contributed by atoms with Gasteiger partial charge in [0.1, 0.15) is 22.4 Å². The molecule has 2 heterocycles. The molecule has 1 aromatic heterocycles. The Bertz CT molecular complexity index is 1500. The van der Waals surface area contributed by atoms with Crippen LogP contribution in [-0.2, 0) is 23.5 Å². The van der Waals surface area contributed by atoms with Crippen LogP contribution in [0.5, 0.6) is 0 Å². The molecule has 3 amide bonds. The average Bonchev–Trinajstić information content (AvgIpc) is 3.05. The van der Waals surface area contributed by atoms with E-state index in [4.69, 9.17) is 18.9 Å². The van der Waals surface area contributed by atoms with E-state index in [-0.39, 0.29) is 60.5 Å². The quantitative estimate of drug-likeness (QED) is 0.104. The van der Waals surface area contributed by atoms with Gasteiger partial charge in [0.25, 0.3) is 5.91 Å². The van der Waals surface area contributed by atoms with Gasteiger partial charge < -0.3 is 29.0 Å². The summed E-state index contributed by atoms with van der Waals surface area (Å²) in [6.45, 7) is 23.6. The lowest BCUT2D eigenvalue weighted by atomic mass is 10.1. The van der Waals surface area contributed by atoms with Crippen molar-refractivity contribution in [3.8, 4) is 11.4 Å². The van der Waals surface area contributed by atoms with Gasteiger partial charge in [-0.15, -0.1) is 11.8 Å². The summed E-state index contributed by atoms with van der Waals surface area (Å²) in [7, 11) is -2.03. The molecule has 0 aliphatic carbocycles. The minimum absolute atomic E-state index is 0.00462. The fourth-order valence-corrected chi connectivity index (χ4v) is 7.56. The van der Waals surface area contributed by atoms with Crippen LogP contribution in [0.3, 0.4) is 0 Å². The second kappa shape index (κ2) is 17.8. The molecule has 0 saturated carbocycles. The number of benzene rings is 1. The molecule has 3 atom stereocenters. The van der Waals surface area contributed by atoms with E-state index in [1.54, 1.807) is 43.6 Å². The number of esters is 1. The summed E-state index contributed by atoms with van der Waals surface area (Å²) in [6, 6.07) is 10.00. The van der Waals surface area contributed by atoms with Crippen LogP contribution in [0.2, 0.25) is 18.1 Å². The summed E-state index contributed by atoms with van der Waals surface area (Å²) in [5.74, 6) is -1.02. The molecular formula is C37H57N5O7SSi. The highest BCUT2D eigenvalue weighted by Gasteiger charge is 2.39. The van der Waals surface area contributed by atoms with Gasteiger partial charge in [-0.2, -0.15) is 0 Å². The molecule has 0 bridgehead atoms. The van der Waals surface area contributed by atoms with E-state index in [1.165, 1.54) is 11.8 Å². The summed E-state index contributed by atoms with van der Waals surface area (Å²) in [5, 5.41) is 3.53. The molecule has 282 valence electrons. The van der Waals surface area contributed by atoms with Crippen molar-refractivity contribution in [3.05, 3.63) is 42.1 Å². The third-order valence-electron chi connectivity index (χ3n) is 9.00. The number of piperazine rings is 1. The smallest absolute Gasteiger partial charge is 0.409 e. The van der Waals surface area contributed by atoms with Crippen molar-refractivity contribution in [2.75, 3.05) is 32.8 Å². The number of rotatable bonds is 13. The molecule has 1 saturated heterocycles. The maximum absolute atomic E-state index is 14.0. The Morgan fingerprint density at radius 3 is 2.12 bits per heavy atom. The predicted molar refractivity (Wildman–Crippen MR) is 202 cm³/mol. The molecule has 12 nitrogen and oxygen atoms in total. The molecule has 1 N–H and O–H groups in total. The summed E-state index contributed by atoms with van der Waals surface area (Å²) in [5.41, 5.74) is 0.138. The van der Waals surface area contributed by atoms with Crippen LogP contribution < -0.4 is 5.32 Å². The van der Waals surface area contributed by atoms with E-state index in [9.17, 15) is 19.2 Å². The monoisotopic (exact) mass is 743 g/mol. The van der Waals surface area contributed by atoms with Crippen molar-refractivity contribution in [2.45, 2.75) is 121 Å². The van der Waals surface area contributed by atoms with E-state index in [0.717, 1.165) is 5.56 Å². The van der Waals surface area contributed by atoms with Crippen molar-refractivity contribution in [3.63, 3.8) is 0 Å². The number of amides is 3. The second-order valence-electron chi connectivity index (χ2n) is 15.3. The Morgan fingerprint density at radius 2 is 1.55 bits per heavy atom. The van der Waals surface area contributed by atoms with E-state index < -0.39 is 37.9 Å². The average molecular weight is 744 g/mol. The molecule has 3 rings (SSSR count). The maximum Gasteiger partial charge on any atom is 0.409 e. The molecule has 1 aliphatic rings. The normalized spacial score (nSPS) is 15.8. The molecule has 2 unspecified atom stereocenters. The van der Waals surface area contributed by atoms with Crippen LogP contribution in [0.1, 0.15) is 85.6 Å². The lowest BCUT2D eigenvalue weighted by Gasteiger charge is -2.39. The summed E-state index contributed by atoms with van der Waals surface area (Å²) < 4.78 is 17.3. The molecule has 1 aliphatic heterocycles. The first-order chi connectivity index (χ1) is 23.7. The minimum atomic E-state index is -2.03. The van der Waals surface area contributed by atoms with Gasteiger partial charge in [-0.05, 0) is 59.2 Å². The molecule has 0 spiro atoms. The number of nitrogens with zero attached hydrogens (tertiary/aromatic N) is 4. The van der Waals surface area contributed by atoms with Crippen molar-refractivity contribution in [2.24, 2.45) is 0 Å². The van der Waals surface area contributed by atoms with Gasteiger partial charge in [-0.1, -0.05) is 58.0 Å². The fourth-order valence-electron chi connectivity index (χ4n) is 5.03. The Hall–Kier alpha value is -3.49. The molecule has 0 radical (unpaired) electrons. The molecule has 14 heteroatoms. The highest BCUT2D eigenvalue weighted by Crippen LogP contribution is 2.39. The van der Waals surface area contributed by atoms with Gasteiger partial charge in [0.05, 0.1) is 12.7 Å². The zero-order valence-corrected chi connectivity index (χ0v) is 34.0. The Balaban J connectivity index is 1.89. The maximum atomic E-state index is 14.0. The predicted octanol–water partition coefficient (Wildman–Crippen LogP) is 6.56. The molecule has 1 fully saturated rings. The van der Waals surface area contributed by atoms with Gasteiger partial charge >= 0.3 is 12.1 Å². The summed E-state index contributed by atoms with van der Waals surface area (Å²) in [4.78, 5) is 65.4. The van der Waals surface area contributed by atoms with Gasteiger partial charge in [0.2, 0.25) is 5.91 Å². The summed E-state index contributed by atoms with van der Waals surface area (Å²) >= 11 is 1.50. The second-order valence-corrected chi connectivity index (χ2v) is 21.5. The number of carbonyl (C=O) groups is 4. The Morgan fingerprint density at radius 1 is 0.941 bits per heavy atom. The van der Waals surface area contributed by atoms with Crippen LogP contribution in [-0.4, -0.2) is 108 Å². The Labute approximate surface area is 308 Å². The van der Waals surface area contributed by atoms with Gasteiger partial charge in [0, 0.05) is 49.5 Å². The summed E-state index contributed by atoms with van der Waals surface area (Å²) in [6.07, 6.45) is -0.570. The van der Waals surface area contributed by atoms with Crippen molar-refractivity contribution >= 4 is 44.0 Å². The van der Waals surface area contributed by atoms with Crippen molar-refractivity contribution in [1.82, 2.24) is 25.1 Å². The first-order valence-electron chi connectivity index (χ1n) is 17.7. The topological polar surface area (TPSA) is 140 Å². The first kappa shape index (κ1) is 41.9. The van der Waals surface area contributed by atoms with E-state index >= 15 is 0 Å². The van der Waals surface area contributed by atoms with E-state index in [2.05, 4.69) is 58.0 Å². The lowest BCUT2D eigenvalue weighted by molar-refractivity contribution is -0.155. The molecule has 1 aromatic carbocycles. The SMILES string of the molecule is CCOC(=O)N1CCN(C(=O)C(CCC(=O)OC(C)(C)C)NC(=O)c2cc(S[C@@H](C)C(C)O[Si](C)(C)C(C)(C)C)nc(-c3ccccc3)n2)CC1. The van der Waals surface area contributed by atoms with Gasteiger partial charge in [-0.25, -0.2) is 14.8 Å². The van der Waals surface area contributed by atoms with Crippen LogP contribution >= 0.6 is 11.8 Å². The number of carbonyl (C=O) groups excluding carboxylic acids is 4. The highest BCUT2D eigenvalue weighted by atomic mass is 32.2. The van der Waals surface area contributed by atoms with Crippen LogP contribution in [0.15, 0.2) is 41.4 Å². The first-order valence-corrected chi connectivity index (χ1v) is 21.5. The Kier molecular flexibility index (Phi) is 14.7. The third kappa shape index (κ3) is 12.6. The number of hydrogen-bond donors (Lipinski definition) is 1. The third-order valence-corrected chi connectivity index (χ3v) is 14.8. The van der Waals surface area contributed by atoms with Crippen LogP contribution in [0, 0.1) is 0 Å². The number of hydrogen-bond acceptors (Lipinski definition) is 10. The van der Waals surface area contributed by atoms with Crippen molar-refractivity contribution < 1.29 is 33.1 Å². The van der Waals surface area contributed by atoms with Crippen molar-refractivity contribution in [1.29, 1.82) is 0 Å². The van der Waals surface area contributed by atoms with Gasteiger partial charge in [-0.3, -0.25) is 14.4 Å². The highest BCUT2D eigenvalue weighted by molar-refractivity contribution is 7.99. The standard InChI is InChI=1S/C37H57N5O7SSi/c1-12-47-35(46)42-22-20-41(21-23-42)34(45)28(18-19-31(43)48-36(4,5)6)39-33(44)29-24-30(40-32(38-29)27-16-14-13-15-17-27)50-26(3)25(2)49-51(10,11)37(7,8)9/h13-17,24-26,28H,12,18-23H2,1-11H3,(H,39,44)/t25?,26-,28?/m0/s1. The number of ether oxygens (including phenoxy) is 2. The van der Waals surface area contributed by atoms with E-state index in [0.29, 0.717) is 23.9 Å². The number of thioether (sulfide) groups is 1. The molecular weight excluding hydrogens is 687 g/mol. The molecule has 2 aromatic rings. The van der Waals surface area contributed by atoms with Crippen LogP contribution in [0.25, 0.3) is 11.4 Å². The lowest BCUT2D eigenvalue weighted by Crippen LogP contribution is -2.56. The molecule has 51 heavy (non-hydrogen) atoms. The van der Waals surface area contributed by atoms with E-state index in [1.807, 2.05) is 30.3 Å². The minimum Gasteiger partial charge on any atom is -0.460 e. The van der Waals surface area contributed by atoms with Gasteiger partial charge in [0.15, 0.2) is 14.1 Å². The van der Waals surface area contributed by atoms with Crippen LogP contribution in [0.4, 0.5) is 4.79 Å². The fraction of sp³-hybridized carbons (Fsp3) is 0.622. The largest absolute Gasteiger partial charge is 0.460 e. The number of nitrogens with one attached hydrogen (secondary N) is 1. The number of aromatic nitrogens is 2.